The number of rotatable bonds is 0. The van der Waals surface area contributed by atoms with E-state index in [1.165, 1.54) is 11.3 Å². The van der Waals surface area contributed by atoms with Gasteiger partial charge >= 0.3 is 0 Å². The van der Waals surface area contributed by atoms with Gasteiger partial charge in [0, 0.05) is 11.3 Å². The van der Waals surface area contributed by atoms with E-state index in [1.54, 1.807) is 0 Å². The summed E-state index contributed by atoms with van der Waals surface area (Å²) in [4.78, 5) is 4.57. The number of aromatic amines is 1. The molecule has 0 aliphatic carbocycles. The number of nitrogens with one attached hydrogen (secondary N) is 1. The molecule has 1 N–H and O–H groups in total. The van der Waals surface area contributed by atoms with E-state index in [2.05, 4.69) is 30.0 Å². The van der Waals surface area contributed by atoms with Crippen molar-refractivity contribution in [2.24, 2.45) is 0 Å². The van der Waals surface area contributed by atoms with Crippen LogP contribution in [0.15, 0.2) is 24.3 Å². The van der Waals surface area contributed by atoms with E-state index in [1.807, 2.05) is 22.7 Å². The Morgan fingerprint density at radius 2 is 2.00 bits per heavy atom. The second-order valence-electron chi connectivity index (χ2n) is 3.62. The summed E-state index contributed by atoms with van der Waals surface area (Å²) in [6.07, 6.45) is 0. The molecule has 0 aliphatic heterocycles. The van der Waals surface area contributed by atoms with Crippen molar-refractivity contribution in [3.8, 4) is 0 Å². The third-order valence-corrected chi connectivity index (χ3v) is 2.74. The van der Waals surface area contributed by atoms with E-state index in [9.17, 15) is 0 Å². The van der Waals surface area contributed by atoms with Crippen LogP contribution in [0.5, 0.6) is 0 Å². The Bertz CT molecular complexity index is 616. The van der Waals surface area contributed by atoms with Crippen molar-refractivity contribution in [3.63, 3.8) is 0 Å². The first kappa shape index (κ1) is 7.62. The molecule has 3 heteroatoms. The second kappa shape index (κ2) is 2.38. The molecule has 0 atom stereocenters. The summed E-state index contributed by atoms with van der Waals surface area (Å²) >= 11 is 0. The van der Waals surface area contributed by atoms with E-state index >= 15 is 0 Å². The van der Waals surface area contributed by atoms with Crippen LogP contribution in [0.2, 0.25) is 0 Å². The highest BCUT2D eigenvalue weighted by Gasteiger charge is 2.09. The van der Waals surface area contributed by atoms with Crippen LogP contribution in [0.4, 0.5) is 0 Å². The lowest BCUT2D eigenvalue weighted by Gasteiger charge is -1.89. The summed E-state index contributed by atoms with van der Waals surface area (Å²) in [6.45, 7) is 4.16. The predicted molar refractivity (Wildman–Crippen MR) is 56.5 cm³/mol. The number of hydrogen-bond donors (Lipinski definition) is 1. The molecule has 0 fully saturated rings. The zero-order valence-electron chi connectivity index (χ0n) is 8.20. The third kappa shape index (κ3) is 0.789. The van der Waals surface area contributed by atoms with Crippen LogP contribution >= 0.6 is 0 Å². The minimum Gasteiger partial charge on any atom is -0.296 e. The number of para-hydroxylation sites is 2. The molecular weight excluding hydrogens is 174 g/mol. The molecule has 0 saturated carbocycles. The van der Waals surface area contributed by atoms with E-state index in [4.69, 9.17) is 0 Å². The van der Waals surface area contributed by atoms with Gasteiger partial charge < -0.3 is 0 Å². The lowest BCUT2D eigenvalue weighted by molar-refractivity contribution is 0.973. The van der Waals surface area contributed by atoms with Gasteiger partial charge in [-0.05, 0) is 26.0 Å². The molecule has 1 aromatic carbocycles. The molecule has 0 radical (unpaired) electrons. The summed E-state index contributed by atoms with van der Waals surface area (Å²) in [7, 11) is 0. The molecule has 0 spiro atoms. The van der Waals surface area contributed by atoms with Gasteiger partial charge in [-0.3, -0.25) is 5.10 Å². The average Bonchev–Trinajstić information content (AvgIpc) is 2.67. The lowest BCUT2D eigenvalue weighted by atomic mass is 10.3. The van der Waals surface area contributed by atoms with Gasteiger partial charge in [0.2, 0.25) is 0 Å². The zero-order valence-corrected chi connectivity index (χ0v) is 8.20. The highest BCUT2D eigenvalue weighted by molar-refractivity contribution is 5.81. The quantitative estimate of drug-likeness (QED) is 0.573. The fourth-order valence-electron chi connectivity index (χ4n) is 1.81. The first-order valence-corrected chi connectivity index (χ1v) is 4.70. The van der Waals surface area contributed by atoms with Gasteiger partial charge in [0.05, 0.1) is 11.0 Å². The molecule has 2 heterocycles. The van der Waals surface area contributed by atoms with E-state index in [0.29, 0.717) is 0 Å². The van der Waals surface area contributed by atoms with Crippen LogP contribution in [0.25, 0.3) is 16.7 Å². The zero-order chi connectivity index (χ0) is 9.71. The highest BCUT2D eigenvalue weighted by Crippen LogP contribution is 2.19. The molecule has 0 bridgehead atoms. The van der Waals surface area contributed by atoms with Crippen LogP contribution in [-0.2, 0) is 0 Å². The Morgan fingerprint density at radius 1 is 1.21 bits per heavy atom. The predicted octanol–water partition coefficient (Wildman–Crippen LogP) is 2.43. The largest absolute Gasteiger partial charge is 0.296 e. The molecule has 3 rings (SSSR count). The number of hydrogen-bond acceptors (Lipinski definition) is 1. The van der Waals surface area contributed by atoms with Gasteiger partial charge in [-0.15, -0.1) is 0 Å². The Kier molecular flexibility index (Phi) is 1.29. The molecular formula is C11H11N3. The Morgan fingerprint density at radius 3 is 2.86 bits per heavy atom. The topological polar surface area (TPSA) is 33.1 Å². The molecule has 3 nitrogen and oxygen atoms in total. The van der Waals surface area contributed by atoms with Crippen molar-refractivity contribution in [2.45, 2.75) is 13.8 Å². The van der Waals surface area contributed by atoms with Crippen LogP contribution in [-0.4, -0.2) is 14.6 Å². The average molecular weight is 185 g/mol. The van der Waals surface area contributed by atoms with Crippen LogP contribution in [0, 0.1) is 13.8 Å². The monoisotopic (exact) mass is 185 g/mol. The smallest absolute Gasteiger partial charge is 0.157 e. The molecule has 0 amide bonds. The first-order chi connectivity index (χ1) is 6.77. The van der Waals surface area contributed by atoms with Gasteiger partial charge in [-0.25, -0.2) is 9.50 Å². The van der Waals surface area contributed by atoms with Gasteiger partial charge in [-0.1, -0.05) is 12.1 Å². The van der Waals surface area contributed by atoms with E-state index < -0.39 is 0 Å². The molecule has 0 aliphatic rings. The maximum absolute atomic E-state index is 4.57. The fraction of sp³-hybridized carbons (Fsp3) is 0.182. The second-order valence-corrected chi connectivity index (χ2v) is 3.62. The molecule has 2 aromatic heterocycles. The van der Waals surface area contributed by atoms with Crippen molar-refractivity contribution in [1.29, 1.82) is 0 Å². The van der Waals surface area contributed by atoms with Crippen LogP contribution in [0.3, 0.4) is 0 Å². The van der Waals surface area contributed by atoms with Crippen molar-refractivity contribution in [1.82, 2.24) is 14.6 Å². The van der Waals surface area contributed by atoms with E-state index in [-0.39, 0.29) is 0 Å². The Hall–Kier alpha value is -1.77. The van der Waals surface area contributed by atoms with Gasteiger partial charge in [-0.2, -0.15) is 0 Å². The summed E-state index contributed by atoms with van der Waals surface area (Å²) in [5.41, 5.74) is 5.61. The maximum Gasteiger partial charge on any atom is 0.157 e. The normalized spacial score (nSPS) is 11.6. The van der Waals surface area contributed by atoms with Crippen molar-refractivity contribution in [3.05, 3.63) is 35.5 Å². The summed E-state index contributed by atoms with van der Waals surface area (Å²) < 4.78 is 2.04. The number of benzene rings is 1. The first-order valence-electron chi connectivity index (χ1n) is 4.70. The van der Waals surface area contributed by atoms with Crippen LogP contribution in [0.1, 0.15) is 11.3 Å². The number of aromatic nitrogens is 3. The number of fused-ring (bicyclic) bond motifs is 3. The van der Waals surface area contributed by atoms with Gasteiger partial charge in [0.1, 0.15) is 0 Å². The number of imidazole rings is 1. The molecule has 0 saturated heterocycles. The van der Waals surface area contributed by atoms with Gasteiger partial charge in [0.25, 0.3) is 0 Å². The standard InChI is InChI=1S/C11H11N3/c1-7-8(2)13-14-10-6-4-3-5-9(10)12-11(7)14/h3-6,13H,1-2H3. The van der Waals surface area contributed by atoms with Crippen molar-refractivity contribution >= 4 is 16.7 Å². The van der Waals surface area contributed by atoms with Gasteiger partial charge in [0.15, 0.2) is 5.65 Å². The van der Waals surface area contributed by atoms with Crippen LogP contribution < -0.4 is 0 Å². The lowest BCUT2D eigenvalue weighted by Crippen LogP contribution is -1.82. The number of nitrogens with zero attached hydrogens (tertiary/aromatic N) is 2. The molecule has 0 unspecified atom stereocenters. The summed E-state index contributed by atoms with van der Waals surface area (Å²) in [5.74, 6) is 0. The highest BCUT2D eigenvalue weighted by atomic mass is 15.3. The third-order valence-electron chi connectivity index (χ3n) is 2.74. The van der Waals surface area contributed by atoms with E-state index in [0.717, 1.165) is 16.7 Å². The Labute approximate surface area is 81.4 Å². The maximum atomic E-state index is 4.57. The Balaban J connectivity index is 2.60. The summed E-state index contributed by atoms with van der Waals surface area (Å²) in [5, 5.41) is 3.30. The number of aryl methyl sites for hydroxylation is 2. The fourth-order valence-corrected chi connectivity index (χ4v) is 1.81. The molecule has 14 heavy (non-hydrogen) atoms. The summed E-state index contributed by atoms with van der Waals surface area (Å²) in [6, 6.07) is 8.15. The SMILES string of the molecule is Cc1[nH]n2c(nc3ccccc32)c1C. The minimum absolute atomic E-state index is 1.03. The van der Waals surface area contributed by atoms with Crippen molar-refractivity contribution in [2.75, 3.05) is 0 Å². The minimum atomic E-state index is 1.03. The van der Waals surface area contributed by atoms with Crippen molar-refractivity contribution < 1.29 is 0 Å². The molecule has 70 valence electrons. The molecule has 3 aromatic rings. The number of H-pyrrole nitrogens is 1.